The van der Waals surface area contributed by atoms with Gasteiger partial charge < -0.3 is 4.42 Å². The van der Waals surface area contributed by atoms with Crippen LogP contribution >= 0.6 is 11.6 Å². The first-order valence-corrected chi connectivity index (χ1v) is 7.18. The van der Waals surface area contributed by atoms with E-state index in [2.05, 4.69) is 23.8 Å². The predicted octanol–water partition coefficient (Wildman–Crippen LogP) is 4.47. The number of nitrogens with zero attached hydrogens (tertiary/aromatic N) is 2. The fourth-order valence-electron chi connectivity index (χ4n) is 2.35. The molecule has 0 aliphatic heterocycles. The van der Waals surface area contributed by atoms with Crippen molar-refractivity contribution < 1.29 is 4.42 Å². The van der Waals surface area contributed by atoms with Crippen LogP contribution in [0.25, 0.3) is 11.6 Å². The SMILES string of the molecule is CCCc1cc(Cl)nc(-c2ccc(C3CC3C)o2)n1. The van der Waals surface area contributed by atoms with E-state index in [-0.39, 0.29) is 0 Å². The Bertz CT molecular complexity index is 594. The summed E-state index contributed by atoms with van der Waals surface area (Å²) >= 11 is 6.05. The highest BCUT2D eigenvalue weighted by molar-refractivity contribution is 6.29. The summed E-state index contributed by atoms with van der Waals surface area (Å²) in [5.41, 5.74) is 0.968. The quantitative estimate of drug-likeness (QED) is 0.774. The van der Waals surface area contributed by atoms with Crippen LogP contribution in [0.15, 0.2) is 22.6 Å². The van der Waals surface area contributed by atoms with Gasteiger partial charge in [-0.3, -0.25) is 0 Å². The van der Waals surface area contributed by atoms with E-state index in [9.17, 15) is 0 Å². The Morgan fingerprint density at radius 2 is 2.16 bits per heavy atom. The lowest BCUT2D eigenvalue weighted by molar-refractivity contribution is 0.514. The maximum atomic E-state index is 6.05. The van der Waals surface area contributed by atoms with Crippen molar-refractivity contribution >= 4 is 11.6 Å². The third-order valence-corrected chi connectivity index (χ3v) is 3.77. The smallest absolute Gasteiger partial charge is 0.197 e. The van der Waals surface area contributed by atoms with Gasteiger partial charge in [-0.25, -0.2) is 9.97 Å². The highest BCUT2D eigenvalue weighted by atomic mass is 35.5. The maximum Gasteiger partial charge on any atom is 0.197 e. The second kappa shape index (κ2) is 4.97. The van der Waals surface area contributed by atoms with Crippen LogP contribution < -0.4 is 0 Å². The molecule has 1 aliphatic carbocycles. The molecule has 2 unspecified atom stereocenters. The fourth-order valence-corrected chi connectivity index (χ4v) is 2.56. The molecule has 0 amide bonds. The molecule has 1 aliphatic rings. The third kappa shape index (κ3) is 2.66. The summed E-state index contributed by atoms with van der Waals surface area (Å²) in [7, 11) is 0. The molecule has 2 aromatic rings. The number of hydrogen-bond donors (Lipinski definition) is 0. The number of halogens is 1. The summed E-state index contributed by atoms with van der Waals surface area (Å²) in [5.74, 6) is 3.66. The van der Waals surface area contributed by atoms with E-state index in [4.69, 9.17) is 16.0 Å². The first-order chi connectivity index (χ1) is 9.17. The average molecular weight is 277 g/mol. The van der Waals surface area contributed by atoms with Crippen molar-refractivity contribution in [2.24, 2.45) is 5.92 Å². The van der Waals surface area contributed by atoms with E-state index in [1.807, 2.05) is 18.2 Å². The number of aromatic nitrogens is 2. The molecular formula is C15H17ClN2O. The van der Waals surface area contributed by atoms with Crippen LogP contribution in [0, 0.1) is 5.92 Å². The molecule has 3 rings (SSSR count). The van der Waals surface area contributed by atoms with Gasteiger partial charge in [0.05, 0.1) is 0 Å². The normalized spacial score (nSPS) is 21.6. The molecule has 2 aromatic heterocycles. The Hall–Kier alpha value is -1.35. The van der Waals surface area contributed by atoms with Gasteiger partial charge in [0.2, 0.25) is 0 Å². The number of hydrogen-bond acceptors (Lipinski definition) is 3. The van der Waals surface area contributed by atoms with Crippen molar-refractivity contribution in [2.45, 2.75) is 39.0 Å². The molecule has 0 bridgehead atoms. The monoisotopic (exact) mass is 276 g/mol. The van der Waals surface area contributed by atoms with Crippen LogP contribution in [0.3, 0.4) is 0 Å². The van der Waals surface area contributed by atoms with E-state index < -0.39 is 0 Å². The summed E-state index contributed by atoms with van der Waals surface area (Å²) in [6.45, 7) is 4.36. The lowest BCUT2D eigenvalue weighted by Crippen LogP contribution is -1.95. The van der Waals surface area contributed by atoms with Crippen molar-refractivity contribution in [3.63, 3.8) is 0 Å². The second-order valence-electron chi connectivity index (χ2n) is 5.28. The number of rotatable bonds is 4. The van der Waals surface area contributed by atoms with Gasteiger partial charge in [0.15, 0.2) is 11.6 Å². The number of aryl methyl sites for hydroxylation is 1. The second-order valence-corrected chi connectivity index (χ2v) is 5.66. The van der Waals surface area contributed by atoms with Crippen LogP contribution in [0.5, 0.6) is 0 Å². The molecule has 0 N–H and O–H groups in total. The zero-order valence-corrected chi connectivity index (χ0v) is 11.9. The number of furan rings is 1. The first-order valence-electron chi connectivity index (χ1n) is 6.81. The predicted molar refractivity (Wildman–Crippen MR) is 75.3 cm³/mol. The van der Waals surface area contributed by atoms with Gasteiger partial charge in [0.25, 0.3) is 0 Å². The van der Waals surface area contributed by atoms with E-state index in [1.165, 1.54) is 6.42 Å². The van der Waals surface area contributed by atoms with Crippen LogP contribution in [0.1, 0.15) is 44.1 Å². The highest BCUT2D eigenvalue weighted by Crippen LogP contribution is 2.47. The molecule has 100 valence electrons. The molecule has 1 saturated carbocycles. The maximum absolute atomic E-state index is 6.05. The van der Waals surface area contributed by atoms with Gasteiger partial charge in [0.1, 0.15) is 10.9 Å². The van der Waals surface area contributed by atoms with Gasteiger partial charge in [-0.1, -0.05) is 31.9 Å². The fraction of sp³-hybridized carbons (Fsp3) is 0.467. The molecule has 2 atom stereocenters. The standard InChI is InChI=1S/C15H17ClN2O/c1-3-4-10-8-14(16)18-15(17-10)13-6-5-12(19-13)11-7-9(11)2/h5-6,8-9,11H,3-4,7H2,1-2H3. The van der Waals surface area contributed by atoms with E-state index in [1.54, 1.807) is 0 Å². The molecule has 1 fully saturated rings. The zero-order chi connectivity index (χ0) is 13.4. The summed E-state index contributed by atoms with van der Waals surface area (Å²) in [6, 6.07) is 5.80. The molecule has 2 heterocycles. The Labute approximate surface area is 118 Å². The van der Waals surface area contributed by atoms with Crippen LogP contribution in [-0.2, 0) is 6.42 Å². The van der Waals surface area contributed by atoms with Crippen molar-refractivity contribution in [1.29, 1.82) is 0 Å². The minimum Gasteiger partial charge on any atom is -0.457 e. The highest BCUT2D eigenvalue weighted by Gasteiger charge is 2.36. The molecular weight excluding hydrogens is 260 g/mol. The van der Waals surface area contributed by atoms with E-state index >= 15 is 0 Å². The molecule has 0 spiro atoms. The summed E-state index contributed by atoms with van der Waals surface area (Å²) in [4.78, 5) is 8.78. The molecule has 3 nitrogen and oxygen atoms in total. The van der Waals surface area contributed by atoms with Crippen molar-refractivity contribution in [3.05, 3.63) is 34.8 Å². The van der Waals surface area contributed by atoms with Crippen LogP contribution in [-0.4, -0.2) is 9.97 Å². The van der Waals surface area contributed by atoms with Crippen molar-refractivity contribution in [1.82, 2.24) is 9.97 Å². The lowest BCUT2D eigenvalue weighted by Gasteiger charge is -2.02. The zero-order valence-electron chi connectivity index (χ0n) is 11.2. The van der Waals surface area contributed by atoms with Gasteiger partial charge >= 0.3 is 0 Å². The van der Waals surface area contributed by atoms with Crippen LogP contribution in [0.4, 0.5) is 0 Å². The van der Waals surface area contributed by atoms with Gasteiger partial charge in [-0.15, -0.1) is 0 Å². The van der Waals surface area contributed by atoms with E-state index in [0.717, 1.165) is 30.2 Å². The Kier molecular flexibility index (Phi) is 3.31. The molecule has 4 heteroatoms. The summed E-state index contributed by atoms with van der Waals surface area (Å²) in [5, 5.41) is 0.478. The van der Waals surface area contributed by atoms with Gasteiger partial charge in [-0.2, -0.15) is 0 Å². The summed E-state index contributed by atoms with van der Waals surface area (Å²) in [6.07, 6.45) is 3.16. The summed E-state index contributed by atoms with van der Waals surface area (Å²) < 4.78 is 5.87. The molecule has 0 aromatic carbocycles. The van der Waals surface area contributed by atoms with Crippen molar-refractivity contribution in [3.8, 4) is 11.6 Å². The minimum atomic E-state index is 0.478. The average Bonchev–Trinajstić information content (AvgIpc) is 2.91. The first kappa shape index (κ1) is 12.7. The third-order valence-electron chi connectivity index (χ3n) is 3.58. The molecule has 19 heavy (non-hydrogen) atoms. The molecule has 0 saturated heterocycles. The van der Waals surface area contributed by atoms with Gasteiger partial charge in [-0.05, 0) is 37.0 Å². The minimum absolute atomic E-state index is 0.478. The van der Waals surface area contributed by atoms with Crippen molar-refractivity contribution in [2.75, 3.05) is 0 Å². The van der Waals surface area contributed by atoms with E-state index in [0.29, 0.717) is 22.7 Å². The lowest BCUT2D eigenvalue weighted by atomic mass is 10.2. The largest absolute Gasteiger partial charge is 0.457 e. The molecule has 0 radical (unpaired) electrons. The Balaban J connectivity index is 1.90. The van der Waals surface area contributed by atoms with Crippen LogP contribution in [0.2, 0.25) is 5.15 Å². The Morgan fingerprint density at radius 3 is 2.84 bits per heavy atom. The van der Waals surface area contributed by atoms with Gasteiger partial charge in [0, 0.05) is 11.6 Å². The Morgan fingerprint density at radius 1 is 1.37 bits per heavy atom. The topological polar surface area (TPSA) is 38.9 Å².